The van der Waals surface area contributed by atoms with Gasteiger partial charge in [-0.05, 0) is 24.6 Å². The van der Waals surface area contributed by atoms with Crippen molar-refractivity contribution in [2.45, 2.75) is 13.3 Å². The zero-order valence-corrected chi connectivity index (χ0v) is 11.4. The summed E-state index contributed by atoms with van der Waals surface area (Å²) in [5, 5.41) is 11.9. The predicted octanol–water partition coefficient (Wildman–Crippen LogP) is 3.19. The fourth-order valence-electron chi connectivity index (χ4n) is 2.74. The van der Waals surface area contributed by atoms with E-state index in [1.807, 2.05) is 12.3 Å². The SMILES string of the molecule is CCN1CC=C(c2c[nH]c3cc([N+](=O)[O-])ccc23)CC1. The van der Waals surface area contributed by atoms with E-state index in [9.17, 15) is 10.1 Å². The number of nitro groups is 1. The lowest BCUT2D eigenvalue weighted by Crippen LogP contribution is -2.27. The van der Waals surface area contributed by atoms with Crippen LogP contribution < -0.4 is 0 Å². The van der Waals surface area contributed by atoms with Crippen molar-refractivity contribution in [2.75, 3.05) is 19.6 Å². The van der Waals surface area contributed by atoms with Gasteiger partial charge in [0.2, 0.25) is 0 Å². The Morgan fingerprint density at radius 1 is 1.45 bits per heavy atom. The molecule has 2 aromatic rings. The van der Waals surface area contributed by atoms with Gasteiger partial charge in [0.15, 0.2) is 0 Å². The highest BCUT2D eigenvalue weighted by molar-refractivity contribution is 5.93. The number of nitrogens with zero attached hydrogens (tertiary/aromatic N) is 2. The highest BCUT2D eigenvalue weighted by Crippen LogP contribution is 2.30. The third-order valence-electron chi connectivity index (χ3n) is 3.96. The smallest absolute Gasteiger partial charge is 0.271 e. The summed E-state index contributed by atoms with van der Waals surface area (Å²) in [5.41, 5.74) is 3.45. The number of hydrogen-bond acceptors (Lipinski definition) is 3. The molecule has 104 valence electrons. The number of likely N-dealkylation sites (N-methyl/N-ethyl adjacent to an activating group) is 1. The summed E-state index contributed by atoms with van der Waals surface area (Å²) >= 11 is 0. The Balaban J connectivity index is 1.97. The maximum atomic E-state index is 10.8. The average Bonchev–Trinajstić information content (AvgIpc) is 2.90. The lowest BCUT2D eigenvalue weighted by molar-refractivity contribution is -0.384. The second kappa shape index (κ2) is 5.09. The van der Waals surface area contributed by atoms with Gasteiger partial charge in [0.05, 0.1) is 10.4 Å². The molecule has 0 radical (unpaired) electrons. The quantitative estimate of drug-likeness (QED) is 0.689. The van der Waals surface area contributed by atoms with E-state index in [0.717, 1.165) is 37.0 Å². The largest absolute Gasteiger partial charge is 0.360 e. The molecule has 0 spiro atoms. The van der Waals surface area contributed by atoms with E-state index in [0.29, 0.717) is 0 Å². The van der Waals surface area contributed by atoms with Crippen LogP contribution in [0.3, 0.4) is 0 Å². The Labute approximate surface area is 117 Å². The van der Waals surface area contributed by atoms with Crippen molar-refractivity contribution in [1.29, 1.82) is 0 Å². The number of nitro benzene ring substituents is 1. The number of nitrogens with one attached hydrogen (secondary N) is 1. The molecule has 3 rings (SSSR count). The highest BCUT2D eigenvalue weighted by Gasteiger charge is 2.16. The van der Waals surface area contributed by atoms with Crippen molar-refractivity contribution >= 4 is 22.2 Å². The third kappa shape index (κ3) is 2.20. The standard InChI is InChI=1S/C15H17N3O2/c1-2-17-7-5-11(6-8-17)14-10-16-15-9-12(18(19)20)3-4-13(14)15/h3-5,9-10,16H,2,6-8H2,1H3. The van der Waals surface area contributed by atoms with Crippen LogP contribution in [0.5, 0.6) is 0 Å². The van der Waals surface area contributed by atoms with Crippen molar-refractivity contribution in [3.8, 4) is 0 Å². The molecule has 1 aromatic carbocycles. The van der Waals surface area contributed by atoms with Crippen LogP contribution in [-0.2, 0) is 0 Å². The number of rotatable bonds is 3. The maximum absolute atomic E-state index is 10.8. The van der Waals surface area contributed by atoms with Crippen molar-refractivity contribution in [3.05, 3.63) is 46.1 Å². The molecule has 0 saturated carbocycles. The molecule has 0 fully saturated rings. The van der Waals surface area contributed by atoms with Gasteiger partial charge in [-0.25, -0.2) is 0 Å². The Hall–Kier alpha value is -2.14. The summed E-state index contributed by atoms with van der Waals surface area (Å²) in [6.07, 6.45) is 5.25. The number of H-pyrrole nitrogens is 1. The summed E-state index contributed by atoms with van der Waals surface area (Å²) in [6, 6.07) is 5.01. The predicted molar refractivity (Wildman–Crippen MR) is 79.7 cm³/mol. The number of non-ortho nitro benzene ring substituents is 1. The van der Waals surface area contributed by atoms with Crippen LogP contribution in [0.2, 0.25) is 0 Å². The van der Waals surface area contributed by atoms with E-state index < -0.39 is 0 Å². The normalized spacial score (nSPS) is 16.4. The molecule has 20 heavy (non-hydrogen) atoms. The van der Waals surface area contributed by atoms with Gasteiger partial charge in [0.1, 0.15) is 0 Å². The summed E-state index contributed by atoms with van der Waals surface area (Å²) in [4.78, 5) is 16.0. The molecule has 1 aliphatic rings. The van der Waals surface area contributed by atoms with Crippen molar-refractivity contribution in [3.63, 3.8) is 0 Å². The van der Waals surface area contributed by atoms with Crippen molar-refractivity contribution in [1.82, 2.24) is 9.88 Å². The van der Waals surface area contributed by atoms with Gasteiger partial charge >= 0.3 is 0 Å². The van der Waals surface area contributed by atoms with Crippen LogP contribution in [0.25, 0.3) is 16.5 Å². The van der Waals surface area contributed by atoms with E-state index in [-0.39, 0.29) is 10.6 Å². The molecule has 0 bridgehead atoms. The molecule has 0 saturated heterocycles. The van der Waals surface area contributed by atoms with Crippen LogP contribution in [0.4, 0.5) is 5.69 Å². The van der Waals surface area contributed by atoms with Gasteiger partial charge in [-0.1, -0.05) is 13.0 Å². The lowest BCUT2D eigenvalue weighted by Gasteiger charge is -2.24. The Bertz CT molecular complexity index is 687. The molecule has 1 aromatic heterocycles. The first kappa shape index (κ1) is 12.9. The fraction of sp³-hybridized carbons (Fsp3) is 0.333. The van der Waals surface area contributed by atoms with E-state index in [1.54, 1.807) is 12.1 Å². The summed E-state index contributed by atoms with van der Waals surface area (Å²) in [7, 11) is 0. The van der Waals surface area contributed by atoms with Gasteiger partial charge < -0.3 is 4.98 Å². The van der Waals surface area contributed by atoms with E-state index in [4.69, 9.17) is 0 Å². The first-order valence-electron chi connectivity index (χ1n) is 6.86. The number of aromatic nitrogens is 1. The van der Waals surface area contributed by atoms with Crippen molar-refractivity contribution in [2.24, 2.45) is 0 Å². The number of fused-ring (bicyclic) bond motifs is 1. The first-order chi connectivity index (χ1) is 9.69. The maximum Gasteiger partial charge on any atom is 0.271 e. The molecule has 0 atom stereocenters. The van der Waals surface area contributed by atoms with Crippen LogP contribution in [0.1, 0.15) is 18.9 Å². The number of aromatic amines is 1. The minimum Gasteiger partial charge on any atom is -0.360 e. The molecule has 2 heterocycles. The van der Waals surface area contributed by atoms with Crippen LogP contribution >= 0.6 is 0 Å². The molecule has 0 unspecified atom stereocenters. The van der Waals surface area contributed by atoms with Crippen LogP contribution in [-0.4, -0.2) is 34.4 Å². The Kier molecular flexibility index (Phi) is 3.28. The van der Waals surface area contributed by atoms with E-state index in [1.165, 1.54) is 11.1 Å². The summed E-state index contributed by atoms with van der Waals surface area (Å²) < 4.78 is 0. The second-order valence-electron chi connectivity index (χ2n) is 5.06. The fourth-order valence-corrected chi connectivity index (χ4v) is 2.74. The zero-order valence-electron chi connectivity index (χ0n) is 11.4. The zero-order chi connectivity index (χ0) is 14.1. The molecular weight excluding hydrogens is 254 g/mol. The molecule has 0 amide bonds. The van der Waals surface area contributed by atoms with Crippen LogP contribution in [0, 0.1) is 10.1 Å². The monoisotopic (exact) mass is 271 g/mol. The molecule has 5 nitrogen and oxygen atoms in total. The first-order valence-corrected chi connectivity index (χ1v) is 6.86. The van der Waals surface area contributed by atoms with Gasteiger partial charge in [-0.3, -0.25) is 15.0 Å². The van der Waals surface area contributed by atoms with Gasteiger partial charge in [-0.15, -0.1) is 0 Å². The van der Waals surface area contributed by atoms with Crippen molar-refractivity contribution < 1.29 is 4.92 Å². The van der Waals surface area contributed by atoms with Gasteiger partial charge in [0.25, 0.3) is 5.69 Å². The Morgan fingerprint density at radius 3 is 2.95 bits per heavy atom. The molecular formula is C15H17N3O2. The van der Waals surface area contributed by atoms with E-state index in [2.05, 4.69) is 22.9 Å². The highest BCUT2D eigenvalue weighted by atomic mass is 16.6. The van der Waals surface area contributed by atoms with Gasteiger partial charge in [0, 0.05) is 42.4 Å². The second-order valence-corrected chi connectivity index (χ2v) is 5.06. The minimum atomic E-state index is -0.362. The Morgan fingerprint density at radius 2 is 2.30 bits per heavy atom. The van der Waals surface area contributed by atoms with E-state index >= 15 is 0 Å². The number of hydrogen-bond donors (Lipinski definition) is 1. The van der Waals surface area contributed by atoms with Gasteiger partial charge in [-0.2, -0.15) is 0 Å². The summed E-state index contributed by atoms with van der Waals surface area (Å²) in [6.45, 7) is 5.29. The molecule has 1 aliphatic heterocycles. The molecule has 5 heteroatoms. The lowest BCUT2D eigenvalue weighted by atomic mass is 9.99. The average molecular weight is 271 g/mol. The summed E-state index contributed by atoms with van der Waals surface area (Å²) in [5.74, 6) is 0. The topological polar surface area (TPSA) is 62.2 Å². The number of benzene rings is 1. The molecule has 1 N–H and O–H groups in total. The van der Waals surface area contributed by atoms with Crippen LogP contribution in [0.15, 0.2) is 30.5 Å². The molecule has 0 aliphatic carbocycles. The third-order valence-corrected chi connectivity index (χ3v) is 3.96. The minimum absolute atomic E-state index is 0.126.